The summed E-state index contributed by atoms with van der Waals surface area (Å²) in [5.41, 5.74) is 22.8. The smallest absolute Gasteiger partial charge is 0.307 e. The molecule has 13 N–H and O–H groups in total. The molecule has 0 heterocycles. The molecule has 0 spiro atoms. The summed E-state index contributed by atoms with van der Waals surface area (Å²) in [4.78, 5) is 80.2. The van der Waals surface area contributed by atoms with Crippen LogP contribution in [-0.4, -0.2) is 88.9 Å². The van der Waals surface area contributed by atoms with Crippen LogP contribution in [0.15, 0.2) is 35.3 Å². The first-order chi connectivity index (χ1) is 22.2. The van der Waals surface area contributed by atoms with Gasteiger partial charge in [-0.3, -0.25) is 33.8 Å². The van der Waals surface area contributed by atoms with Gasteiger partial charge in [-0.05, 0) is 56.6 Å². The quantitative estimate of drug-likeness (QED) is 0.0387. The Labute approximate surface area is 274 Å². The van der Waals surface area contributed by atoms with E-state index in [1.807, 2.05) is 0 Å². The fourth-order valence-electron chi connectivity index (χ4n) is 4.74. The lowest BCUT2D eigenvalue weighted by molar-refractivity contribution is -0.144. The molecule has 16 nitrogen and oxygen atoms in total. The fraction of sp³-hybridized carbons (Fsp3) is 0.581. The van der Waals surface area contributed by atoms with E-state index in [9.17, 15) is 39.0 Å². The molecule has 0 aromatic heterocycles. The van der Waals surface area contributed by atoms with Gasteiger partial charge in [0.05, 0.1) is 24.4 Å². The summed E-state index contributed by atoms with van der Waals surface area (Å²) < 4.78 is 0. The molecule has 1 unspecified atom stereocenters. The van der Waals surface area contributed by atoms with Crippen molar-refractivity contribution in [3.8, 4) is 0 Å². The minimum Gasteiger partial charge on any atom is -0.481 e. The molecule has 0 aliphatic heterocycles. The topological polar surface area (TPSA) is 295 Å². The number of guanidine groups is 1. The van der Waals surface area contributed by atoms with Gasteiger partial charge < -0.3 is 49.1 Å². The second-order valence-corrected chi connectivity index (χ2v) is 11.7. The van der Waals surface area contributed by atoms with E-state index in [2.05, 4.69) is 20.9 Å². The number of hydrogen-bond acceptors (Lipinski definition) is 9. The van der Waals surface area contributed by atoms with Crippen LogP contribution in [0.5, 0.6) is 0 Å². The van der Waals surface area contributed by atoms with E-state index in [4.69, 9.17) is 22.9 Å². The van der Waals surface area contributed by atoms with Crippen LogP contribution >= 0.6 is 0 Å². The molecule has 0 aliphatic rings. The zero-order chi connectivity index (χ0) is 35.5. The van der Waals surface area contributed by atoms with Crippen molar-refractivity contribution < 1.29 is 39.0 Å². The van der Waals surface area contributed by atoms with E-state index >= 15 is 0 Å². The molecule has 0 saturated carbocycles. The highest BCUT2D eigenvalue weighted by Gasteiger charge is 2.34. The number of rotatable bonds is 23. The van der Waals surface area contributed by atoms with Gasteiger partial charge >= 0.3 is 11.9 Å². The molecule has 0 saturated heterocycles. The largest absolute Gasteiger partial charge is 0.481 e. The third-order valence-electron chi connectivity index (χ3n) is 7.33. The van der Waals surface area contributed by atoms with E-state index in [0.29, 0.717) is 25.8 Å². The zero-order valence-electron chi connectivity index (χ0n) is 27.0. The number of unbranched alkanes of at least 4 members (excludes halogenated alkanes) is 1. The lowest BCUT2D eigenvalue weighted by Crippen LogP contribution is -2.58. The maximum absolute atomic E-state index is 13.3. The van der Waals surface area contributed by atoms with E-state index in [0.717, 1.165) is 5.56 Å². The van der Waals surface area contributed by atoms with Crippen molar-refractivity contribution in [1.29, 1.82) is 0 Å². The van der Waals surface area contributed by atoms with Crippen LogP contribution in [0.3, 0.4) is 0 Å². The molecular formula is C31H50N8O8. The Morgan fingerprint density at radius 2 is 1.43 bits per heavy atom. The van der Waals surface area contributed by atoms with E-state index in [1.54, 1.807) is 44.2 Å². The first-order valence-corrected chi connectivity index (χ1v) is 15.6. The van der Waals surface area contributed by atoms with Gasteiger partial charge in [0, 0.05) is 13.0 Å². The Bertz CT molecular complexity index is 1220. The van der Waals surface area contributed by atoms with Gasteiger partial charge in [-0.1, -0.05) is 44.2 Å². The Morgan fingerprint density at radius 3 is 1.98 bits per heavy atom. The molecule has 0 bridgehead atoms. The van der Waals surface area contributed by atoms with E-state index in [-0.39, 0.29) is 38.2 Å². The molecule has 1 aromatic rings. The van der Waals surface area contributed by atoms with E-state index in [1.165, 1.54) is 0 Å². The number of nitrogens with one attached hydrogen (secondary N) is 3. The van der Waals surface area contributed by atoms with Crippen LogP contribution in [0.1, 0.15) is 64.4 Å². The summed E-state index contributed by atoms with van der Waals surface area (Å²) in [7, 11) is 0. The number of benzene rings is 1. The highest BCUT2D eigenvalue weighted by molar-refractivity contribution is 5.97. The van der Waals surface area contributed by atoms with Crippen molar-refractivity contribution in [3.63, 3.8) is 0 Å². The average Bonchev–Trinajstić information content (AvgIpc) is 3.00. The minimum atomic E-state index is -1.61. The lowest BCUT2D eigenvalue weighted by atomic mass is 9.89. The molecule has 1 rings (SSSR count). The first kappa shape index (κ1) is 40.5. The van der Waals surface area contributed by atoms with Crippen LogP contribution in [0.4, 0.5) is 0 Å². The van der Waals surface area contributed by atoms with Gasteiger partial charge in [0.25, 0.3) is 0 Å². The number of carboxylic acid groups (broad SMARTS) is 2. The van der Waals surface area contributed by atoms with Crippen LogP contribution < -0.4 is 38.9 Å². The average molecular weight is 663 g/mol. The highest BCUT2D eigenvalue weighted by Crippen LogP contribution is 2.17. The monoisotopic (exact) mass is 662 g/mol. The lowest BCUT2D eigenvalue weighted by Gasteiger charge is -2.27. The number of Topliss-reactive ketones (excluding diaryl/α,β-unsaturated/α-hetero) is 1. The Kier molecular flexibility index (Phi) is 18.3. The molecule has 0 fully saturated rings. The standard InChI is InChI=1S/C31H50N8O8/c1-18(2)26(24(40)16-20(30(46)47)15-19-9-4-3-5-10-19)39-29(45)23(17-25(41)42)38-28(44)22(12-6-7-13-32)37-27(43)21(33)11-8-14-36-31(34)35/h3-5,9-10,18,20-23,26H,6-8,11-17,32-33H2,1-2H3,(H,37,43)(H,38,44)(H,39,45)(H,41,42)(H,46,47)(H4,34,35,36)/t20?,21-,22+,23-,26-/m0/s1. The molecule has 0 aliphatic carbocycles. The van der Waals surface area contributed by atoms with Crippen molar-refractivity contribution in [2.24, 2.45) is 39.8 Å². The normalized spacial score (nSPS) is 14.1. The van der Waals surface area contributed by atoms with Gasteiger partial charge in [-0.2, -0.15) is 0 Å². The predicted molar refractivity (Wildman–Crippen MR) is 175 cm³/mol. The Balaban J connectivity index is 3.06. The summed E-state index contributed by atoms with van der Waals surface area (Å²) >= 11 is 0. The Morgan fingerprint density at radius 1 is 0.809 bits per heavy atom. The molecule has 1 aromatic carbocycles. The Hall–Kier alpha value is -4.57. The van der Waals surface area contributed by atoms with Gasteiger partial charge in [-0.25, -0.2) is 0 Å². The van der Waals surface area contributed by atoms with Gasteiger partial charge in [-0.15, -0.1) is 0 Å². The van der Waals surface area contributed by atoms with E-state index < -0.39 is 77.9 Å². The summed E-state index contributed by atoms with van der Waals surface area (Å²) in [6, 6.07) is 3.84. The first-order valence-electron chi connectivity index (χ1n) is 15.6. The highest BCUT2D eigenvalue weighted by atomic mass is 16.4. The maximum Gasteiger partial charge on any atom is 0.307 e. The number of aliphatic carboxylic acids is 2. The molecule has 0 radical (unpaired) electrons. The van der Waals surface area contributed by atoms with Gasteiger partial charge in [0.15, 0.2) is 11.7 Å². The fourth-order valence-corrected chi connectivity index (χ4v) is 4.74. The minimum absolute atomic E-state index is 0.0928. The number of carboxylic acids is 2. The SMILES string of the molecule is CC(C)[C@H](NC(=O)[C@H](CC(=O)O)NC(=O)[C@@H](CCCCN)NC(=O)[C@@H](N)CCCN=C(N)N)C(=O)CC(Cc1ccccc1)C(=O)O. The number of nitrogens with two attached hydrogens (primary N) is 4. The third kappa shape index (κ3) is 16.0. The number of carbonyl (C=O) groups is 6. The molecule has 262 valence electrons. The maximum atomic E-state index is 13.3. The molecule has 16 heteroatoms. The van der Waals surface area contributed by atoms with Crippen LogP contribution in [0.2, 0.25) is 0 Å². The summed E-state index contributed by atoms with van der Waals surface area (Å²) in [6.45, 7) is 3.86. The second kappa shape index (κ2) is 21.3. The molecule has 47 heavy (non-hydrogen) atoms. The third-order valence-corrected chi connectivity index (χ3v) is 7.33. The van der Waals surface area contributed by atoms with Crippen molar-refractivity contribution in [2.45, 2.75) is 89.4 Å². The molecular weight excluding hydrogens is 612 g/mol. The number of aliphatic imine (C=N–C) groups is 1. The van der Waals surface area contributed by atoms with Gasteiger partial charge in [0.1, 0.15) is 12.1 Å². The zero-order valence-corrected chi connectivity index (χ0v) is 27.0. The van der Waals surface area contributed by atoms with Gasteiger partial charge in [0.2, 0.25) is 17.7 Å². The number of carbonyl (C=O) groups excluding carboxylic acids is 4. The number of nitrogens with zero attached hydrogens (tertiary/aromatic N) is 1. The summed E-state index contributed by atoms with van der Waals surface area (Å²) in [6.07, 6.45) is 0.582. The van der Waals surface area contributed by atoms with Crippen LogP contribution in [0.25, 0.3) is 0 Å². The van der Waals surface area contributed by atoms with Crippen molar-refractivity contribution in [1.82, 2.24) is 16.0 Å². The van der Waals surface area contributed by atoms with Crippen molar-refractivity contribution in [3.05, 3.63) is 35.9 Å². The van der Waals surface area contributed by atoms with Crippen molar-refractivity contribution in [2.75, 3.05) is 13.1 Å². The van der Waals surface area contributed by atoms with Crippen LogP contribution in [-0.2, 0) is 35.2 Å². The molecule has 3 amide bonds. The molecule has 5 atom stereocenters. The number of hydrogen-bond donors (Lipinski definition) is 9. The number of amides is 3. The van der Waals surface area contributed by atoms with Crippen LogP contribution in [0, 0.1) is 11.8 Å². The second-order valence-electron chi connectivity index (χ2n) is 11.7. The number of ketones is 1. The van der Waals surface area contributed by atoms with Crippen molar-refractivity contribution >= 4 is 41.4 Å². The summed E-state index contributed by atoms with van der Waals surface area (Å²) in [5.74, 6) is -7.22. The summed E-state index contributed by atoms with van der Waals surface area (Å²) in [5, 5.41) is 26.7. The predicted octanol–water partition coefficient (Wildman–Crippen LogP) is -1.02.